The number of aromatic nitrogens is 1. The highest BCUT2D eigenvalue weighted by Crippen LogP contribution is 2.33. The van der Waals surface area contributed by atoms with Gasteiger partial charge in [0.05, 0.1) is 5.69 Å². The lowest BCUT2D eigenvalue weighted by Gasteiger charge is -2.22. The van der Waals surface area contributed by atoms with E-state index >= 15 is 0 Å². The van der Waals surface area contributed by atoms with E-state index in [1.807, 2.05) is 24.3 Å². The Morgan fingerprint density at radius 2 is 1.89 bits per heavy atom. The molecule has 2 N–H and O–H groups in total. The molecule has 0 bridgehead atoms. The third-order valence-electron chi connectivity index (χ3n) is 6.13. The number of thiazole rings is 1. The molecule has 198 valence electrons. The van der Waals surface area contributed by atoms with Gasteiger partial charge in [0, 0.05) is 20.0 Å². The van der Waals surface area contributed by atoms with Crippen LogP contribution in [0.3, 0.4) is 0 Å². The van der Waals surface area contributed by atoms with Crippen molar-refractivity contribution in [2.45, 2.75) is 37.4 Å². The van der Waals surface area contributed by atoms with Gasteiger partial charge < -0.3 is 10.4 Å². The highest BCUT2D eigenvalue weighted by molar-refractivity contribution is 7.91. The number of nitrogens with zero attached hydrogens (tertiary/aromatic N) is 2. The average molecular weight is 552 g/mol. The summed E-state index contributed by atoms with van der Waals surface area (Å²) in [5.74, 6) is -0.714. The van der Waals surface area contributed by atoms with E-state index in [2.05, 4.69) is 28.5 Å². The first kappa shape index (κ1) is 27.6. The number of anilines is 1. The fraction of sp³-hybridized carbons (Fsp3) is 0.250. The molecule has 0 spiro atoms. The van der Waals surface area contributed by atoms with Crippen molar-refractivity contribution in [3.05, 3.63) is 88.6 Å². The molecule has 1 aliphatic carbocycles. The Morgan fingerprint density at radius 1 is 1.16 bits per heavy atom. The third-order valence-corrected chi connectivity index (χ3v) is 9.63. The molecule has 0 fully saturated rings. The minimum Gasteiger partial charge on any atom is -0.388 e. The van der Waals surface area contributed by atoms with Crippen LogP contribution in [0.2, 0.25) is 0 Å². The molecule has 0 atom stereocenters. The standard InChI is InChI=1S/C28H29N3O5S2/c1-19-27(37-28(29-19)30-20(2)33)38(35,36)31(16-15-24-13-12-23-5-3-4-6-26(23)24)17-22-9-7-21(8-10-22)11-14-25(34)18-32/h3-11,13-14,32H,12,15-18H2,1-2H3,(H,29,30,33)/b14-11+. The Hall–Kier alpha value is -3.44. The molecule has 2 aromatic carbocycles. The molecule has 1 aliphatic rings. The molecule has 3 aromatic rings. The van der Waals surface area contributed by atoms with Crippen LogP contribution in [0.4, 0.5) is 5.13 Å². The van der Waals surface area contributed by atoms with Gasteiger partial charge in [0.15, 0.2) is 15.1 Å². The first-order chi connectivity index (χ1) is 18.2. The molecule has 38 heavy (non-hydrogen) atoms. The van der Waals surface area contributed by atoms with E-state index in [1.54, 1.807) is 25.1 Å². The van der Waals surface area contributed by atoms with Crippen LogP contribution in [0.5, 0.6) is 0 Å². The van der Waals surface area contributed by atoms with Crippen molar-refractivity contribution in [3.63, 3.8) is 0 Å². The lowest BCUT2D eigenvalue weighted by Crippen LogP contribution is -2.31. The van der Waals surface area contributed by atoms with Crippen LogP contribution in [0.15, 0.2) is 64.9 Å². The van der Waals surface area contributed by atoms with Gasteiger partial charge in [-0.25, -0.2) is 13.4 Å². The van der Waals surface area contributed by atoms with Gasteiger partial charge in [0.2, 0.25) is 5.91 Å². The number of aryl methyl sites for hydroxylation is 1. The van der Waals surface area contributed by atoms with E-state index in [-0.39, 0.29) is 28.3 Å². The third kappa shape index (κ3) is 6.51. The van der Waals surface area contributed by atoms with Crippen molar-refractivity contribution >= 4 is 49.8 Å². The van der Waals surface area contributed by atoms with E-state index in [9.17, 15) is 18.0 Å². The maximum atomic E-state index is 13.9. The van der Waals surface area contributed by atoms with E-state index in [0.29, 0.717) is 12.1 Å². The van der Waals surface area contributed by atoms with Crippen molar-refractivity contribution in [2.75, 3.05) is 18.5 Å². The van der Waals surface area contributed by atoms with E-state index in [0.717, 1.165) is 40.0 Å². The summed E-state index contributed by atoms with van der Waals surface area (Å²) in [5.41, 5.74) is 5.39. The number of aliphatic hydroxyl groups excluding tert-OH is 1. The van der Waals surface area contributed by atoms with Crippen LogP contribution < -0.4 is 5.32 Å². The molecule has 0 radical (unpaired) electrons. The number of aliphatic hydroxyl groups is 1. The number of rotatable bonds is 11. The SMILES string of the molecule is CC(=O)Nc1nc(C)c(S(=O)(=O)N(CCC2=CCc3ccccc32)Cc2ccc(/C=C/C(=O)CO)cc2)s1. The molecular weight excluding hydrogens is 522 g/mol. The largest absolute Gasteiger partial charge is 0.388 e. The first-order valence-electron chi connectivity index (χ1n) is 12.1. The van der Waals surface area contributed by atoms with Gasteiger partial charge in [0.25, 0.3) is 10.0 Å². The second-order valence-corrected chi connectivity index (χ2v) is 12.1. The summed E-state index contributed by atoms with van der Waals surface area (Å²) in [7, 11) is -3.92. The Balaban J connectivity index is 1.60. The number of fused-ring (bicyclic) bond motifs is 1. The number of amides is 1. The molecule has 0 saturated heterocycles. The average Bonchev–Trinajstić information content (AvgIpc) is 3.48. The van der Waals surface area contributed by atoms with Crippen molar-refractivity contribution < 1.29 is 23.1 Å². The van der Waals surface area contributed by atoms with Crippen molar-refractivity contribution in [1.82, 2.24) is 9.29 Å². The minimum atomic E-state index is -3.92. The fourth-order valence-electron chi connectivity index (χ4n) is 4.24. The molecular formula is C28H29N3O5S2. The Bertz CT molecular complexity index is 1510. The zero-order valence-corrected chi connectivity index (χ0v) is 22.8. The summed E-state index contributed by atoms with van der Waals surface area (Å²) in [4.78, 5) is 27.1. The summed E-state index contributed by atoms with van der Waals surface area (Å²) in [6.45, 7) is 2.83. The summed E-state index contributed by atoms with van der Waals surface area (Å²) in [6.07, 6.45) is 6.44. The Kier molecular flexibility index (Phi) is 8.68. The van der Waals surface area contributed by atoms with Crippen molar-refractivity contribution in [3.8, 4) is 0 Å². The maximum absolute atomic E-state index is 13.9. The zero-order chi connectivity index (χ0) is 27.3. The van der Waals surface area contributed by atoms with E-state index < -0.39 is 22.4 Å². The highest BCUT2D eigenvalue weighted by atomic mass is 32.2. The monoisotopic (exact) mass is 551 g/mol. The number of benzene rings is 2. The predicted octanol–water partition coefficient (Wildman–Crippen LogP) is 4.21. The quantitative estimate of drug-likeness (QED) is 0.345. The summed E-state index contributed by atoms with van der Waals surface area (Å²) >= 11 is 0.945. The number of ketones is 1. The van der Waals surface area contributed by atoms with Gasteiger partial charge in [-0.1, -0.05) is 72.0 Å². The van der Waals surface area contributed by atoms with Crippen LogP contribution in [-0.4, -0.2) is 47.7 Å². The molecule has 4 rings (SSSR count). The van der Waals surface area contributed by atoms with E-state index in [4.69, 9.17) is 5.11 Å². The Labute approximate surface area is 226 Å². The van der Waals surface area contributed by atoms with Gasteiger partial charge in [-0.05, 0) is 53.7 Å². The number of hydrogen-bond donors (Lipinski definition) is 2. The molecule has 1 amide bonds. The second-order valence-electron chi connectivity index (χ2n) is 8.95. The minimum absolute atomic E-state index is 0.101. The molecule has 0 saturated carbocycles. The van der Waals surface area contributed by atoms with Gasteiger partial charge in [-0.2, -0.15) is 4.31 Å². The van der Waals surface area contributed by atoms with Gasteiger partial charge in [-0.15, -0.1) is 0 Å². The van der Waals surface area contributed by atoms with Crippen LogP contribution in [0, 0.1) is 6.92 Å². The van der Waals surface area contributed by atoms with Crippen LogP contribution in [0.1, 0.15) is 41.3 Å². The lowest BCUT2D eigenvalue weighted by atomic mass is 10.0. The number of nitrogens with one attached hydrogen (secondary N) is 1. The number of carbonyl (C=O) groups excluding carboxylic acids is 2. The molecule has 1 aromatic heterocycles. The maximum Gasteiger partial charge on any atom is 0.254 e. The summed E-state index contributed by atoms with van der Waals surface area (Å²) in [5, 5.41) is 11.7. The molecule has 10 heteroatoms. The summed E-state index contributed by atoms with van der Waals surface area (Å²) < 4.78 is 29.3. The summed E-state index contributed by atoms with van der Waals surface area (Å²) in [6, 6.07) is 15.4. The van der Waals surface area contributed by atoms with Crippen molar-refractivity contribution in [2.24, 2.45) is 0 Å². The fourth-order valence-corrected chi connectivity index (χ4v) is 7.27. The first-order valence-corrected chi connectivity index (χ1v) is 14.4. The molecule has 0 aliphatic heterocycles. The zero-order valence-electron chi connectivity index (χ0n) is 21.2. The van der Waals surface area contributed by atoms with E-state index in [1.165, 1.54) is 22.9 Å². The number of allylic oxidation sites excluding steroid dienone is 1. The smallest absolute Gasteiger partial charge is 0.254 e. The van der Waals surface area contributed by atoms with Crippen LogP contribution in [-0.2, 0) is 32.6 Å². The number of hydrogen-bond acceptors (Lipinski definition) is 7. The highest BCUT2D eigenvalue weighted by Gasteiger charge is 2.30. The molecule has 8 nitrogen and oxygen atoms in total. The lowest BCUT2D eigenvalue weighted by molar-refractivity contribution is -0.117. The van der Waals surface area contributed by atoms with Crippen LogP contribution in [0.25, 0.3) is 11.6 Å². The van der Waals surface area contributed by atoms with Crippen LogP contribution >= 0.6 is 11.3 Å². The number of sulfonamides is 1. The normalized spacial score (nSPS) is 13.1. The number of carbonyl (C=O) groups is 2. The van der Waals surface area contributed by atoms with Crippen molar-refractivity contribution in [1.29, 1.82) is 0 Å². The molecule has 0 unspecified atom stereocenters. The molecule has 1 heterocycles. The van der Waals surface area contributed by atoms with Gasteiger partial charge >= 0.3 is 0 Å². The predicted molar refractivity (Wildman–Crippen MR) is 149 cm³/mol. The topological polar surface area (TPSA) is 117 Å². The van der Waals surface area contributed by atoms with Gasteiger partial charge in [-0.3, -0.25) is 9.59 Å². The Morgan fingerprint density at radius 3 is 2.61 bits per heavy atom. The second kappa shape index (κ2) is 12.0. The van der Waals surface area contributed by atoms with Gasteiger partial charge in [0.1, 0.15) is 6.61 Å².